The fourth-order valence-electron chi connectivity index (χ4n) is 3.76. The maximum Gasteiger partial charge on any atom is 0.251 e. The second-order valence-corrected chi connectivity index (χ2v) is 8.48. The molecule has 0 radical (unpaired) electrons. The second-order valence-electron chi connectivity index (χ2n) is 7.68. The molecule has 0 spiro atoms. The molecule has 0 saturated carbocycles. The van der Waals surface area contributed by atoms with E-state index in [4.69, 9.17) is 33.3 Å². The number of benzene rings is 2. The highest BCUT2D eigenvalue weighted by molar-refractivity contribution is 7.80. The molecule has 1 saturated heterocycles. The molecule has 33 heavy (non-hydrogen) atoms. The fourth-order valence-corrected chi connectivity index (χ4v) is 4.23. The highest BCUT2D eigenvalue weighted by Gasteiger charge is 2.38. The summed E-state index contributed by atoms with van der Waals surface area (Å²) in [5.74, 6) is 0.183. The van der Waals surface area contributed by atoms with Crippen LogP contribution in [0.15, 0.2) is 77.2 Å². The minimum absolute atomic E-state index is 0.124. The molecule has 1 N–H and O–H groups in total. The van der Waals surface area contributed by atoms with Gasteiger partial charge in [0, 0.05) is 23.2 Å². The molecular weight excluding hydrogens is 462 g/mol. The van der Waals surface area contributed by atoms with Crippen LogP contribution < -0.4 is 5.32 Å². The van der Waals surface area contributed by atoms with E-state index in [1.54, 1.807) is 42.5 Å². The summed E-state index contributed by atoms with van der Waals surface area (Å²) in [4.78, 5) is 31.5. The number of allylic oxidation sites excluding steroid dienone is 1. The van der Waals surface area contributed by atoms with Gasteiger partial charge in [-0.1, -0.05) is 35.9 Å². The van der Waals surface area contributed by atoms with Gasteiger partial charge < -0.3 is 14.8 Å². The standard InChI is InChI=1S/C24H18ClN3O4S/c25-17-3-1-2-15(8-17)11-26-22(29)16-6-4-14(5-7-16)12-28-23(30)18-9-20-21(32-13-31-20)10-19(18)27-24(28)33/h1-10,18H,11-13H2,(H,26,29). The molecule has 1 aliphatic carbocycles. The van der Waals surface area contributed by atoms with Crippen molar-refractivity contribution in [1.82, 2.24) is 10.2 Å². The zero-order chi connectivity index (χ0) is 22.9. The molecule has 2 aromatic rings. The predicted molar refractivity (Wildman–Crippen MR) is 126 cm³/mol. The van der Waals surface area contributed by atoms with Crippen molar-refractivity contribution < 1.29 is 19.1 Å². The number of nitrogens with zero attached hydrogens (tertiary/aromatic N) is 2. The quantitative estimate of drug-likeness (QED) is 0.661. The molecule has 5 rings (SSSR count). The first-order chi connectivity index (χ1) is 16.0. The molecule has 1 atom stereocenters. The Bertz CT molecular complexity index is 1250. The summed E-state index contributed by atoms with van der Waals surface area (Å²) in [5, 5.41) is 3.69. The van der Waals surface area contributed by atoms with Crippen molar-refractivity contribution in [3.8, 4) is 0 Å². The van der Waals surface area contributed by atoms with Crippen LogP contribution in [-0.4, -0.2) is 34.3 Å². The van der Waals surface area contributed by atoms with E-state index in [1.165, 1.54) is 4.90 Å². The summed E-state index contributed by atoms with van der Waals surface area (Å²) in [6.45, 7) is 0.755. The lowest BCUT2D eigenvalue weighted by atomic mass is 9.93. The molecule has 1 fully saturated rings. The number of amides is 2. The summed E-state index contributed by atoms with van der Waals surface area (Å²) >= 11 is 11.4. The average molecular weight is 480 g/mol. The first kappa shape index (κ1) is 21.4. The summed E-state index contributed by atoms with van der Waals surface area (Å²) in [6.07, 6.45) is 3.41. The largest absolute Gasteiger partial charge is 0.454 e. The summed E-state index contributed by atoms with van der Waals surface area (Å²) in [6, 6.07) is 14.4. The van der Waals surface area contributed by atoms with Crippen LogP contribution in [0.25, 0.3) is 0 Å². The topological polar surface area (TPSA) is 80.2 Å². The molecule has 2 aromatic carbocycles. The number of ether oxygens (including phenoxy) is 2. The minimum Gasteiger partial charge on any atom is -0.454 e. The van der Waals surface area contributed by atoms with E-state index >= 15 is 0 Å². The molecule has 9 heteroatoms. The Kier molecular flexibility index (Phi) is 5.70. The van der Waals surface area contributed by atoms with Gasteiger partial charge >= 0.3 is 0 Å². The highest BCUT2D eigenvalue weighted by Crippen LogP contribution is 2.31. The molecule has 2 heterocycles. The van der Waals surface area contributed by atoms with Crippen LogP contribution in [0.2, 0.25) is 5.02 Å². The van der Waals surface area contributed by atoms with Crippen molar-refractivity contribution in [3.05, 3.63) is 93.9 Å². The first-order valence-corrected chi connectivity index (χ1v) is 11.0. The zero-order valence-electron chi connectivity index (χ0n) is 17.3. The summed E-state index contributed by atoms with van der Waals surface area (Å²) in [7, 11) is 0. The number of thiocarbonyl (C=S) groups is 1. The van der Waals surface area contributed by atoms with Crippen molar-refractivity contribution in [2.24, 2.45) is 10.9 Å². The number of nitrogens with one attached hydrogen (secondary N) is 1. The van der Waals surface area contributed by atoms with Crippen LogP contribution in [0, 0.1) is 5.92 Å². The lowest BCUT2D eigenvalue weighted by molar-refractivity contribution is -0.129. The van der Waals surface area contributed by atoms with Crippen LogP contribution in [0.5, 0.6) is 0 Å². The van der Waals surface area contributed by atoms with Gasteiger partial charge in [0.05, 0.1) is 12.3 Å². The van der Waals surface area contributed by atoms with Gasteiger partial charge in [0.1, 0.15) is 5.92 Å². The van der Waals surface area contributed by atoms with Crippen LogP contribution in [0.1, 0.15) is 21.5 Å². The van der Waals surface area contributed by atoms with E-state index in [2.05, 4.69) is 10.3 Å². The van der Waals surface area contributed by atoms with Gasteiger partial charge in [-0.3, -0.25) is 14.5 Å². The third kappa shape index (κ3) is 4.40. The van der Waals surface area contributed by atoms with E-state index in [1.807, 2.05) is 18.2 Å². The number of aliphatic imine (C=N–C) groups is 1. The number of rotatable bonds is 5. The van der Waals surface area contributed by atoms with E-state index in [0.717, 1.165) is 11.1 Å². The fraction of sp³-hybridized carbons (Fsp3) is 0.167. The van der Waals surface area contributed by atoms with Crippen molar-refractivity contribution in [1.29, 1.82) is 0 Å². The molecule has 2 amide bonds. The SMILES string of the molecule is O=C(NCc1cccc(Cl)c1)c1ccc(CN2C(=O)C3C=C4OCOC4=CC3=NC2=S)cc1. The number of carbonyl (C=O) groups is 2. The number of hydrogen-bond donors (Lipinski definition) is 1. The predicted octanol–water partition coefficient (Wildman–Crippen LogP) is 3.74. The molecule has 7 nitrogen and oxygen atoms in total. The Labute approximate surface area is 200 Å². The molecular formula is C24H18ClN3O4S. The normalized spacial score (nSPS) is 18.9. The van der Waals surface area contributed by atoms with Crippen LogP contribution >= 0.6 is 23.8 Å². The van der Waals surface area contributed by atoms with Crippen LogP contribution in [0.3, 0.4) is 0 Å². The van der Waals surface area contributed by atoms with E-state index in [-0.39, 0.29) is 30.3 Å². The van der Waals surface area contributed by atoms with Crippen molar-refractivity contribution >= 4 is 46.5 Å². The monoisotopic (exact) mass is 479 g/mol. The van der Waals surface area contributed by atoms with E-state index in [0.29, 0.717) is 34.4 Å². The summed E-state index contributed by atoms with van der Waals surface area (Å²) < 4.78 is 10.8. The summed E-state index contributed by atoms with van der Waals surface area (Å²) in [5.41, 5.74) is 2.81. The Hall–Kier alpha value is -3.49. The van der Waals surface area contributed by atoms with Crippen LogP contribution in [-0.2, 0) is 27.4 Å². The molecule has 0 bridgehead atoms. The van der Waals surface area contributed by atoms with E-state index in [9.17, 15) is 9.59 Å². The Morgan fingerprint density at radius 3 is 2.73 bits per heavy atom. The highest BCUT2D eigenvalue weighted by atomic mass is 35.5. The molecule has 166 valence electrons. The van der Waals surface area contributed by atoms with Gasteiger partial charge in [0.15, 0.2) is 11.5 Å². The molecule has 0 aromatic heterocycles. The zero-order valence-corrected chi connectivity index (χ0v) is 18.9. The molecule has 1 unspecified atom stereocenters. The van der Waals surface area contributed by atoms with Gasteiger partial charge in [-0.15, -0.1) is 0 Å². The van der Waals surface area contributed by atoms with Gasteiger partial charge in [0.25, 0.3) is 5.91 Å². The second kappa shape index (κ2) is 8.80. The number of halogens is 1. The van der Waals surface area contributed by atoms with Crippen molar-refractivity contribution in [3.63, 3.8) is 0 Å². The third-order valence-corrected chi connectivity index (χ3v) is 6.02. The van der Waals surface area contributed by atoms with Crippen molar-refractivity contribution in [2.75, 3.05) is 6.79 Å². The minimum atomic E-state index is -0.561. The smallest absolute Gasteiger partial charge is 0.251 e. The van der Waals surface area contributed by atoms with Crippen LogP contribution in [0.4, 0.5) is 0 Å². The maximum absolute atomic E-state index is 13.1. The number of carbonyl (C=O) groups excluding carboxylic acids is 2. The average Bonchev–Trinajstić information content (AvgIpc) is 3.27. The molecule has 3 aliphatic rings. The van der Waals surface area contributed by atoms with Crippen molar-refractivity contribution in [2.45, 2.75) is 13.1 Å². The molecule has 2 aliphatic heterocycles. The number of hydrogen-bond acceptors (Lipinski definition) is 5. The van der Waals surface area contributed by atoms with Gasteiger partial charge in [0.2, 0.25) is 17.8 Å². The number of fused-ring (bicyclic) bond motifs is 2. The van der Waals surface area contributed by atoms with Gasteiger partial charge in [-0.2, -0.15) is 0 Å². The Morgan fingerprint density at radius 2 is 1.94 bits per heavy atom. The Morgan fingerprint density at radius 1 is 1.15 bits per heavy atom. The lowest BCUT2D eigenvalue weighted by Crippen LogP contribution is -2.45. The maximum atomic E-state index is 13.1. The lowest BCUT2D eigenvalue weighted by Gasteiger charge is -2.30. The third-order valence-electron chi connectivity index (χ3n) is 5.47. The van der Waals surface area contributed by atoms with Gasteiger partial charge in [-0.25, -0.2) is 4.99 Å². The van der Waals surface area contributed by atoms with E-state index < -0.39 is 5.92 Å². The van der Waals surface area contributed by atoms with Gasteiger partial charge in [-0.05, 0) is 53.7 Å². The Balaban J connectivity index is 1.25. The first-order valence-electron chi connectivity index (χ1n) is 10.2.